The molecule has 1 aliphatic heterocycles. The van der Waals surface area contributed by atoms with Gasteiger partial charge in [0.15, 0.2) is 5.58 Å². The van der Waals surface area contributed by atoms with E-state index in [0.717, 1.165) is 23.9 Å². The van der Waals surface area contributed by atoms with Crippen LogP contribution in [0.5, 0.6) is 0 Å². The van der Waals surface area contributed by atoms with E-state index in [2.05, 4.69) is 13.0 Å². The molecule has 0 aliphatic carbocycles. The summed E-state index contributed by atoms with van der Waals surface area (Å²) in [6, 6.07) is 6.04. The maximum Gasteiger partial charge on any atom is 0.419 e. The molecule has 25 heavy (non-hydrogen) atoms. The van der Waals surface area contributed by atoms with Gasteiger partial charge in [0.25, 0.3) is 0 Å². The number of rotatable bonds is 1. The Morgan fingerprint density at radius 1 is 1.32 bits per heavy atom. The maximum absolute atomic E-state index is 12.3. The Labute approximate surface area is 147 Å². The van der Waals surface area contributed by atoms with Crippen molar-refractivity contribution in [3.05, 3.63) is 34.3 Å². The van der Waals surface area contributed by atoms with Gasteiger partial charge in [-0.15, -0.1) is 0 Å². The first-order valence-corrected chi connectivity index (χ1v) is 8.75. The largest absolute Gasteiger partial charge is 0.444 e. The smallest absolute Gasteiger partial charge is 0.419 e. The van der Waals surface area contributed by atoms with Crippen molar-refractivity contribution in [2.75, 3.05) is 6.54 Å². The summed E-state index contributed by atoms with van der Waals surface area (Å²) in [5.74, 6) is -0.0103. The number of fused-ring (bicyclic) bond motifs is 1. The van der Waals surface area contributed by atoms with Crippen LogP contribution in [0.3, 0.4) is 0 Å². The second kappa shape index (κ2) is 6.24. The number of oxazole rings is 1. The zero-order valence-electron chi connectivity index (χ0n) is 15.5. The molecular weight excluding hydrogens is 320 g/mol. The number of hydrogen-bond donors (Lipinski definition) is 0. The molecule has 0 bridgehead atoms. The third-order valence-corrected chi connectivity index (χ3v) is 4.79. The Kier molecular flexibility index (Phi) is 4.39. The highest BCUT2D eigenvalue weighted by Crippen LogP contribution is 2.33. The fourth-order valence-corrected chi connectivity index (χ4v) is 3.47. The van der Waals surface area contributed by atoms with Crippen LogP contribution < -0.4 is 5.76 Å². The first-order chi connectivity index (χ1) is 11.7. The second-order valence-corrected chi connectivity index (χ2v) is 7.90. The van der Waals surface area contributed by atoms with Crippen molar-refractivity contribution in [2.45, 2.75) is 58.1 Å². The van der Waals surface area contributed by atoms with E-state index >= 15 is 0 Å². The van der Waals surface area contributed by atoms with E-state index in [0.29, 0.717) is 18.0 Å². The highest BCUT2D eigenvalue weighted by atomic mass is 16.6. The van der Waals surface area contributed by atoms with Crippen LogP contribution in [0.25, 0.3) is 11.1 Å². The van der Waals surface area contributed by atoms with Crippen molar-refractivity contribution in [3.63, 3.8) is 0 Å². The molecule has 136 valence electrons. The third-order valence-electron chi connectivity index (χ3n) is 4.79. The van der Waals surface area contributed by atoms with Gasteiger partial charge in [-0.1, -0.05) is 6.07 Å². The molecule has 0 radical (unpaired) electrons. The van der Waals surface area contributed by atoms with Crippen molar-refractivity contribution in [1.29, 1.82) is 0 Å². The van der Waals surface area contributed by atoms with E-state index in [4.69, 9.17) is 9.15 Å². The van der Waals surface area contributed by atoms with Crippen LogP contribution in [0.1, 0.15) is 52.0 Å². The fraction of sp³-hybridized carbons (Fsp3) is 0.579. The van der Waals surface area contributed by atoms with Crippen molar-refractivity contribution < 1.29 is 13.9 Å². The summed E-state index contributed by atoms with van der Waals surface area (Å²) < 4.78 is 12.3. The zero-order chi connectivity index (χ0) is 18.4. The molecule has 1 aromatic heterocycles. The van der Waals surface area contributed by atoms with Crippen LogP contribution in [0.15, 0.2) is 27.4 Å². The highest BCUT2D eigenvalue weighted by Gasteiger charge is 2.32. The average Bonchev–Trinajstić information content (AvgIpc) is 2.79. The number of nitrogens with zero attached hydrogens (tertiary/aromatic N) is 2. The summed E-state index contributed by atoms with van der Waals surface area (Å²) in [6.07, 6.45) is 1.48. The lowest BCUT2D eigenvalue weighted by atomic mass is 9.86. The SMILES string of the molecule is C[C@@H]1CC(c2ccc3c(c2)oc(=O)n3C)CCN1C(=O)OC(C)(C)C. The monoisotopic (exact) mass is 346 g/mol. The van der Waals surface area contributed by atoms with E-state index in [-0.39, 0.29) is 17.9 Å². The summed E-state index contributed by atoms with van der Waals surface area (Å²) in [7, 11) is 1.70. The van der Waals surface area contributed by atoms with Gasteiger partial charge in [-0.25, -0.2) is 9.59 Å². The van der Waals surface area contributed by atoms with Gasteiger partial charge in [-0.3, -0.25) is 4.57 Å². The molecule has 2 aromatic rings. The molecule has 2 atom stereocenters. The molecule has 3 rings (SSSR count). The Bertz CT molecular complexity index is 843. The van der Waals surface area contributed by atoms with Gasteiger partial charge in [0, 0.05) is 19.6 Å². The number of carbonyl (C=O) groups is 1. The van der Waals surface area contributed by atoms with Crippen LogP contribution in [0.2, 0.25) is 0 Å². The average molecular weight is 346 g/mol. The molecule has 0 spiro atoms. The number of amides is 1. The molecule has 0 N–H and O–H groups in total. The van der Waals surface area contributed by atoms with Crippen LogP contribution in [0, 0.1) is 0 Å². The Morgan fingerprint density at radius 2 is 2.04 bits per heavy atom. The lowest BCUT2D eigenvalue weighted by Gasteiger charge is -2.38. The van der Waals surface area contributed by atoms with Crippen LogP contribution in [-0.4, -0.2) is 33.7 Å². The van der Waals surface area contributed by atoms with E-state index in [1.54, 1.807) is 7.05 Å². The number of aromatic nitrogens is 1. The maximum atomic E-state index is 12.3. The lowest BCUT2D eigenvalue weighted by Crippen LogP contribution is -2.46. The van der Waals surface area contributed by atoms with Gasteiger partial charge in [0.05, 0.1) is 5.52 Å². The van der Waals surface area contributed by atoms with Crippen LogP contribution >= 0.6 is 0 Å². The Morgan fingerprint density at radius 3 is 2.68 bits per heavy atom. The van der Waals surface area contributed by atoms with E-state index < -0.39 is 5.60 Å². The number of aryl methyl sites for hydroxylation is 1. The molecule has 1 unspecified atom stereocenters. The van der Waals surface area contributed by atoms with E-state index in [9.17, 15) is 9.59 Å². The van der Waals surface area contributed by atoms with Gasteiger partial charge >= 0.3 is 11.8 Å². The minimum Gasteiger partial charge on any atom is -0.444 e. The number of likely N-dealkylation sites (tertiary alicyclic amines) is 1. The Hall–Kier alpha value is -2.24. The van der Waals surface area contributed by atoms with Gasteiger partial charge in [-0.2, -0.15) is 0 Å². The molecule has 0 saturated carbocycles. The van der Waals surface area contributed by atoms with E-state index in [1.165, 1.54) is 4.57 Å². The number of ether oxygens (including phenoxy) is 1. The quantitative estimate of drug-likeness (QED) is 0.791. The number of piperidine rings is 1. The van der Waals surface area contributed by atoms with Crippen LogP contribution in [-0.2, 0) is 11.8 Å². The first kappa shape index (κ1) is 17.6. The summed E-state index contributed by atoms with van der Waals surface area (Å²) in [6.45, 7) is 8.36. The predicted molar refractivity (Wildman–Crippen MR) is 95.8 cm³/mol. The van der Waals surface area contributed by atoms with Gasteiger partial charge in [0.2, 0.25) is 0 Å². The molecule has 1 amide bonds. The second-order valence-electron chi connectivity index (χ2n) is 7.90. The highest BCUT2D eigenvalue weighted by molar-refractivity contribution is 5.74. The fourth-order valence-electron chi connectivity index (χ4n) is 3.47. The van der Waals surface area contributed by atoms with Crippen molar-refractivity contribution in [1.82, 2.24) is 9.47 Å². The van der Waals surface area contributed by atoms with Crippen molar-refractivity contribution >= 4 is 17.2 Å². The number of hydrogen-bond acceptors (Lipinski definition) is 4. The zero-order valence-corrected chi connectivity index (χ0v) is 15.5. The number of benzene rings is 1. The number of carbonyl (C=O) groups excluding carboxylic acids is 1. The topological polar surface area (TPSA) is 64.7 Å². The molecule has 6 nitrogen and oxygen atoms in total. The minimum atomic E-state index is -0.483. The van der Waals surface area contributed by atoms with Gasteiger partial charge < -0.3 is 14.1 Å². The molecule has 6 heteroatoms. The normalized spacial score (nSPS) is 21.6. The van der Waals surface area contributed by atoms with E-state index in [1.807, 2.05) is 37.8 Å². The van der Waals surface area contributed by atoms with Crippen molar-refractivity contribution in [2.24, 2.45) is 7.05 Å². The van der Waals surface area contributed by atoms with Gasteiger partial charge in [-0.05, 0) is 64.2 Å². The van der Waals surface area contributed by atoms with Gasteiger partial charge in [0.1, 0.15) is 5.60 Å². The first-order valence-electron chi connectivity index (χ1n) is 8.75. The third kappa shape index (κ3) is 3.57. The Balaban J connectivity index is 1.74. The molecule has 1 fully saturated rings. The summed E-state index contributed by atoms with van der Waals surface area (Å²) in [4.78, 5) is 25.8. The molecule has 2 heterocycles. The summed E-state index contributed by atoms with van der Waals surface area (Å²) in [5, 5.41) is 0. The minimum absolute atomic E-state index is 0.104. The molecule has 1 aliphatic rings. The molecule has 1 aromatic carbocycles. The van der Waals surface area contributed by atoms with Crippen molar-refractivity contribution in [3.8, 4) is 0 Å². The summed E-state index contributed by atoms with van der Waals surface area (Å²) in [5.41, 5.74) is 2.08. The van der Waals surface area contributed by atoms with Crippen LogP contribution in [0.4, 0.5) is 4.79 Å². The molecular formula is C19H26N2O4. The predicted octanol–water partition coefficient (Wildman–Crippen LogP) is 3.63. The molecule has 1 saturated heterocycles. The summed E-state index contributed by atoms with van der Waals surface area (Å²) >= 11 is 0. The standard InChI is InChI=1S/C19H26N2O4/c1-12-10-14(8-9-21(12)18(23)25-19(2,3)4)13-6-7-15-16(11-13)24-17(22)20(15)5/h6-7,11-12,14H,8-10H2,1-5H3/t12-,14?/m1/s1. The lowest BCUT2D eigenvalue weighted by molar-refractivity contribution is 0.0103.